The molecule has 1 atom stereocenters. The number of carbonyl (C=O) groups excluding carboxylic acids is 1. The average molecular weight is 334 g/mol. The lowest BCUT2D eigenvalue weighted by molar-refractivity contribution is 0.214. The highest BCUT2D eigenvalue weighted by molar-refractivity contribution is 7.99. The summed E-state index contributed by atoms with van der Waals surface area (Å²) < 4.78 is 0. The summed E-state index contributed by atoms with van der Waals surface area (Å²) in [7, 11) is 0. The average Bonchev–Trinajstić information content (AvgIpc) is 3.12. The van der Waals surface area contributed by atoms with Crippen molar-refractivity contribution in [2.24, 2.45) is 0 Å². The van der Waals surface area contributed by atoms with Gasteiger partial charge in [-0.05, 0) is 28.5 Å². The molecule has 3 aromatic rings. The Kier molecular flexibility index (Phi) is 4.13. The van der Waals surface area contributed by atoms with Crippen LogP contribution in [-0.2, 0) is 0 Å². The number of thioether (sulfide) groups is 1. The number of rotatable bonds is 2. The Hall–Kier alpha value is -2.46. The number of benzene rings is 3. The lowest BCUT2D eigenvalue weighted by Crippen LogP contribution is -2.34. The zero-order valence-electron chi connectivity index (χ0n) is 13.2. The lowest BCUT2D eigenvalue weighted by atomic mass is 10.1. The zero-order chi connectivity index (χ0) is 16.4. The van der Waals surface area contributed by atoms with Crippen molar-refractivity contribution in [3.8, 4) is 0 Å². The Balaban J connectivity index is 1.54. The summed E-state index contributed by atoms with van der Waals surface area (Å²) in [6, 6.07) is 24.4. The second kappa shape index (κ2) is 6.57. The SMILES string of the molecule is O=C(Nc1ccc2ccccc2c1)N1CCSC1c1ccccc1. The van der Waals surface area contributed by atoms with E-state index in [0.29, 0.717) is 0 Å². The van der Waals surface area contributed by atoms with Crippen LogP contribution in [0.15, 0.2) is 72.8 Å². The summed E-state index contributed by atoms with van der Waals surface area (Å²) in [6.07, 6.45) is 0. The fourth-order valence-electron chi connectivity index (χ4n) is 3.03. The number of anilines is 1. The van der Waals surface area contributed by atoms with Crippen LogP contribution in [-0.4, -0.2) is 23.2 Å². The van der Waals surface area contributed by atoms with E-state index in [1.807, 2.05) is 65.2 Å². The zero-order valence-corrected chi connectivity index (χ0v) is 14.0. The second-order valence-corrected chi connectivity index (χ2v) is 7.01. The van der Waals surface area contributed by atoms with E-state index in [1.54, 1.807) is 0 Å². The van der Waals surface area contributed by atoms with Gasteiger partial charge in [-0.15, -0.1) is 11.8 Å². The van der Waals surface area contributed by atoms with Crippen LogP contribution in [0.25, 0.3) is 10.8 Å². The highest BCUT2D eigenvalue weighted by Crippen LogP contribution is 2.38. The number of hydrogen-bond acceptors (Lipinski definition) is 2. The first-order chi connectivity index (χ1) is 11.8. The summed E-state index contributed by atoms with van der Waals surface area (Å²) in [4.78, 5) is 14.6. The minimum absolute atomic E-state index is 0.0378. The Morgan fingerprint density at radius 2 is 1.71 bits per heavy atom. The summed E-state index contributed by atoms with van der Waals surface area (Å²) >= 11 is 1.81. The van der Waals surface area contributed by atoms with Crippen LogP contribution in [0.5, 0.6) is 0 Å². The topological polar surface area (TPSA) is 32.3 Å². The van der Waals surface area contributed by atoms with Crippen LogP contribution >= 0.6 is 11.8 Å². The second-order valence-electron chi connectivity index (χ2n) is 5.82. The standard InChI is InChI=1S/C20H18N2OS/c23-20(21-18-11-10-15-6-4-5-9-17(15)14-18)22-12-13-24-19(22)16-7-2-1-3-8-16/h1-11,14,19H,12-13H2,(H,21,23). The molecule has 2 amide bonds. The molecule has 1 fully saturated rings. The van der Waals surface area contributed by atoms with Crippen molar-refractivity contribution < 1.29 is 4.79 Å². The van der Waals surface area contributed by atoms with E-state index >= 15 is 0 Å². The van der Waals surface area contributed by atoms with Gasteiger partial charge in [0.15, 0.2) is 0 Å². The first-order valence-corrected chi connectivity index (χ1v) is 9.09. The Bertz CT molecular complexity index is 866. The van der Waals surface area contributed by atoms with Crippen LogP contribution in [0.2, 0.25) is 0 Å². The van der Waals surface area contributed by atoms with Gasteiger partial charge in [-0.2, -0.15) is 0 Å². The normalized spacial score (nSPS) is 17.2. The van der Waals surface area contributed by atoms with Gasteiger partial charge < -0.3 is 10.2 Å². The van der Waals surface area contributed by atoms with Crippen LogP contribution in [0.1, 0.15) is 10.9 Å². The number of fused-ring (bicyclic) bond motifs is 1. The molecule has 1 aliphatic rings. The summed E-state index contributed by atoms with van der Waals surface area (Å²) in [5, 5.41) is 5.44. The predicted molar refractivity (Wildman–Crippen MR) is 101 cm³/mol. The number of nitrogens with one attached hydrogen (secondary N) is 1. The molecule has 3 nitrogen and oxygen atoms in total. The first-order valence-electron chi connectivity index (χ1n) is 8.04. The van der Waals surface area contributed by atoms with E-state index < -0.39 is 0 Å². The minimum Gasteiger partial charge on any atom is -0.308 e. The van der Waals surface area contributed by atoms with E-state index in [1.165, 1.54) is 10.9 Å². The fraction of sp³-hybridized carbons (Fsp3) is 0.150. The lowest BCUT2D eigenvalue weighted by Gasteiger charge is -2.24. The monoisotopic (exact) mass is 334 g/mol. The molecule has 0 bridgehead atoms. The van der Waals surface area contributed by atoms with E-state index in [-0.39, 0.29) is 11.4 Å². The Labute approximate surface area is 145 Å². The summed E-state index contributed by atoms with van der Waals surface area (Å²) in [5.74, 6) is 0.963. The molecule has 0 radical (unpaired) electrons. The van der Waals surface area contributed by atoms with Crippen molar-refractivity contribution in [2.45, 2.75) is 5.37 Å². The number of urea groups is 1. The van der Waals surface area contributed by atoms with Crippen molar-refractivity contribution >= 4 is 34.3 Å². The smallest absolute Gasteiger partial charge is 0.308 e. The van der Waals surface area contributed by atoms with Crippen molar-refractivity contribution in [3.63, 3.8) is 0 Å². The van der Waals surface area contributed by atoms with Gasteiger partial charge in [-0.25, -0.2) is 4.79 Å². The molecule has 4 heteroatoms. The molecule has 1 heterocycles. The van der Waals surface area contributed by atoms with Gasteiger partial charge >= 0.3 is 6.03 Å². The Morgan fingerprint density at radius 3 is 2.54 bits per heavy atom. The van der Waals surface area contributed by atoms with Gasteiger partial charge in [0.05, 0.1) is 0 Å². The van der Waals surface area contributed by atoms with Crippen molar-refractivity contribution in [3.05, 3.63) is 78.4 Å². The van der Waals surface area contributed by atoms with Crippen molar-refractivity contribution in [2.75, 3.05) is 17.6 Å². The molecular weight excluding hydrogens is 316 g/mol. The van der Waals surface area contributed by atoms with Gasteiger partial charge in [0, 0.05) is 18.0 Å². The van der Waals surface area contributed by atoms with Gasteiger partial charge in [0.2, 0.25) is 0 Å². The van der Waals surface area contributed by atoms with E-state index in [0.717, 1.165) is 23.4 Å². The molecule has 1 unspecified atom stereocenters. The number of hydrogen-bond donors (Lipinski definition) is 1. The maximum atomic E-state index is 12.7. The molecular formula is C20H18N2OS. The third kappa shape index (κ3) is 2.97. The van der Waals surface area contributed by atoms with Gasteiger partial charge in [0.1, 0.15) is 5.37 Å². The van der Waals surface area contributed by atoms with Crippen LogP contribution < -0.4 is 5.32 Å². The molecule has 0 aromatic heterocycles. The first kappa shape index (κ1) is 15.1. The van der Waals surface area contributed by atoms with Crippen molar-refractivity contribution in [1.29, 1.82) is 0 Å². The molecule has 0 spiro atoms. The quantitative estimate of drug-likeness (QED) is 0.705. The molecule has 24 heavy (non-hydrogen) atoms. The maximum Gasteiger partial charge on any atom is 0.323 e. The third-order valence-electron chi connectivity index (χ3n) is 4.24. The predicted octanol–water partition coefficient (Wildman–Crippen LogP) is 5.12. The highest BCUT2D eigenvalue weighted by Gasteiger charge is 2.30. The number of carbonyl (C=O) groups is 1. The molecule has 1 aliphatic heterocycles. The van der Waals surface area contributed by atoms with Crippen LogP contribution in [0.4, 0.5) is 10.5 Å². The van der Waals surface area contributed by atoms with E-state index in [2.05, 4.69) is 29.6 Å². The molecule has 0 saturated carbocycles. The third-order valence-corrected chi connectivity index (χ3v) is 5.50. The molecule has 3 aromatic carbocycles. The number of nitrogens with zero attached hydrogens (tertiary/aromatic N) is 1. The molecule has 0 aliphatic carbocycles. The van der Waals surface area contributed by atoms with Crippen LogP contribution in [0.3, 0.4) is 0 Å². The summed E-state index contributed by atoms with van der Waals surface area (Å²) in [6.45, 7) is 0.768. The molecule has 4 rings (SSSR count). The number of amides is 2. The minimum atomic E-state index is -0.0378. The van der Waals surface area contributed by atoms with Gasteiger partial charge in [-0.3, -0.25) is 0 Å². The summed E-state index contributed by atoms with van der Waals surface area (Å²) in [5.41, 5.74) is 2.01. The Morgan fingerprint density at radius 1 is 0.958 bits per heavy atom. The fourth-order valence-corrected chi connectivity index (χ4v) is 4.29. The van der Waals surface area contributed by atoms with E-state index in [9.17, 15) is 4.79 Å². The molecule has 1 N–H and O–H groups in total. The van der Waals surface area contributed by atoms with Gasteiger partial charge in [0.25, 0.3) is 0 Å². The molecule has 120 valence electrons. The highest BCUT2D eigenvalue weighted by atomic mass is 32.2. The van der Waals surface area contributed by atoms with Crippen LogP contribution in [0, 0.1) is 0 Å². The van der Waals surface area contributed by atoms with E-state index in [4.69, 9.17) is 0 Å². The largest absolute Gasteiger partial charge is 0.323 e. The van der Waals surface area contributed by atoms with Gasteiger partial charge in [-0.1, -0.05) is 60.7 Å². The van der Waals surface area contributed by atoms with Crippen molar-refractivity contribution in [1.82, 2.24) is 4.90 Å². The molecule has 1 saturated heterocycles. The maximum absolute atomic E-state index is 12.7.